The molecule has 0 heterocycles. The summed E-state index contributed by atoms with van der Waals surface area (Å²) in [5.41, 5.74) is 3.02. The molecule has 0 saturated heterocycles. The van der Waals surface area contributed by atoms with Crippen molar-refractivity contribution in [2.24, 2.45) is 0 Å². The number of ether oxygens (including phenoxy) is 1. The van der Waals surface area contributed by atoms with Crippen LogP contribution in [0.4, 0.5) is 0 Å². The Bertz CT molecular complexity index is 1250. The molecule has 7 heteroatoms. The van der Waals surface area contributed by atoms with Crippen LogP contribution < -0.4 is 8.92 Å². The number of hydrogen-bond acceptors (Lipinski definition) is 5. The van der Waals surface area contributed by atoms with Crippen LogP contribution in [0.2, 0.25) is 0 Å². The first-order chi connectivity index (χ1) is 14.8. The molecule has 5 nitrogen and oxygen atoms in total. The van der Waals surface area contributed by atoms with Crippen molar-refractivity contribution in [3.8, 4) is 17.6 Å². The Hall–Kier alpha value is -3.08. The molecule has 158 valence electrons. The van der Waals surface area contributed by atoms with Gasteiger partial charge >= 0.3 is 10.1 Å². The summed E-state index contributed by atoms with van der Waals surface area (Å²) in [6.07, 6.45) is 1.72. The van der Waals surface area contributed by atoms with Gasteiger partial charge in [-0.25, -0.2) is 0 Å². The number of hydrogen-bond donors (Lipinski definition) is 0. The van der Waals surface area contributed by atoms with Crippen LogP contribution in [0.5, 0.6) is 11.5 Å². The van der Waals surface area contributed by atoms with Crippen LogP contribution in [0, 0.1) is 18.3 Å². The predicted molar refractivity (Wildman–Crippen MR) is 124 cm³/mol. The fraction of sp³-hybridized carbons (Fsp3) is 0.125. The van der Waals surface area contributed by atoms with Gasteiger partial charge in [-0.1, -0.05) is 48.0 Å². The lowest BCUT2D eigenvalue weighted by molar-refractivity contribution is 0.327. The number of allylic oxidation sites excluding steroid dienone is 1. The molecule has 0 aliphatic heterocycles. The highest BCUT2D eigenvalue weighted by Gasteiger charge is 2.22. The van der Waals surface area contributed by atoms with Crippen molar-refractivity contribution in [1.29, 1.82) is 5.26 Å². The highest BCUT2D eigenvalue weighted by molar-refractivity contribution is 9.10. The molecule has 0 spiro atoms. The van der Waals surface area contributed by atoms with Crippen LogP contribution in [-0.4, -0.2) is 15.0 Å². The van der Waals surface area contributed by atoms with Gasteiger partial charge in [0.05, 0.1) is 22.7 Å². The molecule has 0 aliphatic carbocycles. The van der Waals surface area contributed by atoms with Gasteiger partial charge in [0.2, 0.25) is 0 Å². The molecule has 0 aromatic heterocycles. The third-order valence-corrected chi connectivity index (χ3v) is 6.18. The highest BCUT2D eigenvalue weighted by Crippen LogP contribution is 2.39. The Labute approximate surface area is 190 Å². The Kier molecular flexibility index (Phi) is 7.16. The van der Waals surface area contributed by atoms with Crippen molar-refractivity contribution in [2.75, 3.05) is 6.61 Å². The van der Waals surface area contributed by atoms with Crippen LogP contribution in [-0.2, 0) is 10.1 Å². The zero-order chi connectivity index (χ0) is 22.4. The van der Waals surface area contributed by atoms with Crippen molar-refractivity contribution in [1.82, 2.24) is 0 Å². The summed E-state index contributed by atoms with van der Waals surface area (Å²) in [6.45, 7) is 4.08. The molecule has 0 unspecified atom stereocenters. The van der Waals surface area contributed by atoms with Gasteiger partial charge in [0, 0.05) is 0 Å². The van der Waals surface area contributed by atoms with E-state index in [1.807, 2.05) is 31.2 Å². The van der Waals surface area contributed by atoms with Gasteiger partial charge in [-0.2, -0.15) is 13.7 Å². The first kappa shape index (κ1) is 22.6. The number of nitrogens with zero attached hydrogens (tertiary/aromatic N) is 1. The second-order valence-corrected chi connectivity index (χ2v) is 9.05. The molecule has 31 heavy (non-hydrogen) atoms. The van der Waals surface area contributed by atoms with Crippen LogP contribution in [0.25, 0.3) is 11.6 Å². The molecule has 0 atom stereocenters. The zero-order valence-corrected chi connectivity index (χ0v) is 19.4. The maximum absolute atomic E-state index is 12.7. The molecule has 0 amide bonds. The van der Waals surface area contributed by atoms with E-state index >= 15 is 0 Å². The topological polar surface area (TPSA) is 76.4 Å². The quantitative estimate of drug-likeness (QED) is 0.227. The molecular formula is C24H20BrNO4S. The summed E-state index contributed by atoms with van der Waals surface area (Å²) in [5.74, 6) is 0.306. The normalized spacial score (nSPS) is 11.6. The summed E-state index contributed by atoms with van der Waals surface area (Å²) in [6, 6.07) is 21.1. The van der Waals surface area contributed by atoms with E-state index in [2.05, 4.69) is 22.0 Å². The first-order valence-corrected chi connectivity index (χ1v) is 11.7. The van der Waals surface area contributed by atoms with Crippen LogP contribution in [0.15, 0.2) is 76.1 Å². The maximum Gasteiger partial charge on any atom is 0.339 e. The van der Waals surface area contributed by atoms with Crippen LogP contribution in [0.3, 0.4) is 0 Å². The lowest BCUT2D eigenvalue weighted by Gasteiger charge is -2.14. The molecule has 0 aliphatic rings. The van der Waals surface area contributed by atoms with Crippen LogP contribution >= 0.6 is 15.9 Å². The molecule has 0 saturated carbocycles. The van der Waals surface area contributed by atoms with Gasteiger partial charge in [-0.3, -0.25) is 0 Å². The summed E-state index contributed by atoms with van der Waals surface area (Å²) in [4.78, 5) is 0.0412. The molecular weight excluding hydrogens is 478 g/mol. The number of nitriles is 1. The van der Waals surface area contributed by atoms with E-state index in [0.717, 1.165) is 11.1 Å². The van der Waals surface area contributed by atoms with Gasteiger partial charge in [-0.15, -0.1) is 0 Å². The monoisotopic (exact) mass is 497 g/mol. The third kappa shape index (κ3) is 5.54. The Balaban J connectivity index is 2.02. The molecule has 3 rings (SSSR count). The highest BCUT2D eigenvalue weighted by atomic mass is 79.9. The second-order valence-electron chi connectivity index (χ2n) is 6.65. The third-order valence-electron chi connectivity index (χ3n) is 4.35. The summed E-state index contributed by atoms with van der Waals surface area (Å²) < 4.78 is 36.8. The molecule has 0 bridgehead atoms. The van der Waals surface area contributed by atoms with E-state index in [1.54, 1.807) is 43.3 Å². The van der Waals surface area contributed by atoms with Gasteiger partial charge < -0.3 is 8.92 Å². The SMILES string of the molecule is CCOc1cc(/C=C(\C#N)c2ccc(C)cc2)cc(Br)c1OS(=O)(=O)c1ccccc1. The number of benzene rings is 3. The van der Waals surface area contributed by atoms with Crippen molar-refractivity contribution in [3.63, 3.8) is 0 Å². The minimum absolute atomic E-state index is 0.0412. The van der Waals surface area contributed by atoms with Crippen molar-refractivity contribution in [3.05, 3.63) is 87.9 Å². The summed E-state index contributed by atoms with van der Waals surface area (Å²) >= 11 is 3.39. The smallest absolute Gasteiger partial charge is 0.339 e. The Morgan fingerprint density at radius 1 is 1.10 bits per heavy atom. The molecule has 0 fully saturated rings. The predicted octanol–water partition coefficient (Wildman–Crippen LogP) is 5.99. The lowest BCUT2D eigenvalue weighted by Crippen LogP contribution is -2.11. The fourth-order valence-corrected chi connectivity index (χ4v) is 4.47. The number of rotatable bonds is 7. The number of halogens is 1. The molecule has 3 aromatic rings. The minimum atomic E-state index is -4.04. The average Bonchev–Trinajstić information content (AvgIpc) is 2.76. The second kappa shape index (κ2) is 9.82. The van der Waals surface area contributed by atoms with Crippen molar-refractivity contribution >= 4 is 37.7 Å². The van der Waals surface area contributed by atoms with E-state index in [0.29, 0.717) is 22.2 Å². The van der Waals surface area contributed by atoms with Gasteiger partial charge in [-0.05, 0) is 71.2 Å². The van der Waals surface area contributed by atoms with Crippen LogP contribution in [0.1, 0.15) is 23.6 Å². The largest absolute Gasteiger partial charge is 0.490 e. The van der Waals surface area contributed by atoms with E-state index in [-0.39, 0.29) is 16.4 Å². The maximum atomic E-state index is 12.7. The Morgan fingerprint density at radius 3 is 2.39 bits per heavy atom. The van der Waals surface area contributed by atoms with E-state index in [1.165, 1.54) is 12.1 Å². The van der Waals surface area contributed by atoms with Gasteiger partial charge in [0.1, 0.15) is 4.90 Å². The fourth-order valence-electron chi connectivity index (χ4n) is 2.84. The van der Waals surface area contributed by atoms with Crippen molar-refractivity contribution in [2.45, 2.75) is 18.7 Å². The lowest BCUT2D eigenvalue weighted by atomic mass is 10.0. The van der Waals surface area contributed by atoms with E-state index < -0.39 is 10.1 Å². The molecule has 3 aromatic carbocycles. The van der Waals surface area contributed by atoms with Gasteiger partial charge in [0.25, 0.3) is 0 Å². The summed E-state index contributed by atoms with van der Waals surface area (Å²) in [5, 5.41) is 9.62. The molecule has 0 radical (unpaired) electrons. The average molecular weight is 498 g/mol. The number of aryl methyl sites for hydroxylation is 1. The molecule has 0 N–H and O–H groups in total. The van der Waals surface area contributed by atoms with Gasteiger partial charge in [0.15, 0.2) is 11.5 Å². The zero-order valence-electron chi connectivity index (χ0n) is 17.0. The first-order valence-electron chi connectivity index (χ1n) is 9.48. The van der Waals surface area contributed by atoms with E-state index in [9.17, 15) is 13.7 Å². The summed E-state index contributed by atoms with van der Waals surface area (Å²) in [7, 11) is -4.04. The van der Waals surface area contributed by atoms with E-state index in [4.69, 9.17) is 8.92 Å². The minimum Gasteiger partial charge on any atom is -0.490 e. The van der Waals surface area contributed by atoms with Crippen molar-refractivity contribution < 1.29 is 17.3 Å². The standard InChI is InChI=1S/C24H20BrNO4S/c1-3-29-23-15-18(13-20(16-26)19-11-9-17(2)10-12-19)14-22(25)24(23)30-31(27,28)21-7-5-4-6-8-21/h4-15H,3H2,1-2H3/b20-13+. The Morgan fingerprint density at radius 2 is 1.77 bits per heavy atom.